The van der Waals surface area contributed by atoms with Gasteiger partial charge in [0.1, 0.15) is 11.5 Å². The van der Waals surface area contributed by atoms with Crippen LogP contribution in [0.2, 0.25) is 0 Å². The zero-order valence-electron chi connectivity index (χ0n) is 13.6. The summed E-state index contributed by atoms with van der Waals surface area (Å²) in [5.41, 5.74) is 0.442. The first kappa shape index (κ1) is 18.0. The van der Waals surface area contributed by atoms with Crippen LogP contribution in [0.3, 0.4) is 0 Å². The lowest BCUT2D eigenvalue weighted by Gasteiger charge is -2.16. The fourth-order valence-electron chi connectivity index (χ4n) is 1.96. The highest BCUT2D eigenvalue weighted by molar-refractivity contribution is 5.99. The van der Waals surface area contributed by atoms with Crippen molar-refractivity contribution < 1.29 is 24.2 Å². The second-order valence-corrected chi connectivity index (χ2v) is 5.66. The molecule has 0 bridgehead atoms. The van der Waals surface area contributed by atoms with Crippen LogP contribution in [0, 0.1) is 0 Å². The fraction of sp³-hybridized carbons (Fsp3) is 0.529. The summed E-state index contributed by atoms with van der Waals surface area (Å²) in [6.07, 6.45) is 0.416. The van der Waals surface area contributed by atoms with Crippen LogP contribution >= 0.6 is 0 Å². The molecule has 5 nitrogen and oxygen atoms in total. The van der Waals surface area contributed by atoms with Gasteiger partial charge in [0.2, 0.25) is 0 Å². The Hall–Kier alpha value is -2.04. The molecule has 0 aliphatic carbocycles. The molecule has 0 heterocycles. The molecule has 0 aliphatic rings. The molecule has 1 aromatic rings. The highest BCUT2D eigenvalue weighted by Gasteiger charge is 2.16. The average molecular weight is 308 g/mol. The number of carbonyl (C=O) groups is 2. The highest BCUT2D eigenvalue weighted by Crippen LogP contribution is 2.27. The number of rotatable bonds is 9. The van der Waals surface area contributed by atoms with Crippen molar-refractivity contribution >= 4 is 11.8 Å². The van der Waals surface area contributed by atoms with Crippen LogP contribution in [0.1, 0.15) is 57.3 Å². The molecule has 0 saturated heterocycles. The predicted molar refractivity (Wildman–Crippen MR) is 83.8 cm³/mol. The van der Waals surface area contributed by atoms with Crippen molar-refractivity contribution in [3.63, 3.8) is 0 Å². The maximum absolute atomic E-state index is 12.3. The smallest absolute Gasteiger partial charge is 0.303 e. The molecule has 0 saturated carbocycles. The quantitative estimate of drug-likeness (QED) is 0.704. The zero-order valence-corrected chi connectivity index (χ0v) is 13.6. The van der Waals surface area contributed by atoms with E-state index in [1.165, 1.54) is 0 Å². The van der Waals surface area contributed by atoms with Crippen molar-refractivity contribution in [2.24, 2.45) is 0 Å². The Morgan fingerprint density at radius 2 is 1.68 bits per heavy atom. The van der Waals surface area contributed by atoms with E-state index in [1.54, 1.807) is 18.2 Å². The lowest BCUT2D eigenvalue weighted by Crippen LogP contribution is -2.12. The van der Waals surface area contributed by atoms with Gasteiger partial charge in [0.25, 0.3) is 0 Å². The lowest BCUT2D eigenvalue weighted by atomic mass is 10.0. The Kier molecular flexibility index (Phi) is 6.89. The number of carboxylic acid groups (broad SMARTS) is 1. The van der Waals surface area contributed by atoms with Gasteiger partial charge in [-0.1, -0.05) is 0 Å². The molecule has 5 heteroatoms. The molecule has 22 heavy (non-hydrogen) atoms. The molecular weight excluding hydrogens is 284 g/mol. The minimum Gasteiger partial charge on any atom is -0.491 e. The Bertz CT molecular complexity index is 520. The molecule has 1 N–H and O–H groups in total. The monoisotopic (exact) mass is 308 g/mol. The Balaban J connectivity index is 2.94. The van der Waals surface area contributed by atoms with Crippen molar-refractivity contribution in [3.05, 3.63) is 23.8 Å². The number of carbonyl (C=O) groups excluding carboxylic acids is 1. The first-order valence-electron chi connectivity index (χ1n) is 7.52. The normalized spacial score (nSPS) is 10.8. The van der Waals surface area contributed by atoms with Gasteiger partial charge in [0.15, 0.2) is 5.78 Å². The average Bonchev–Trinajstić information content (AvgIpc) is 2.38. The van der Waals surface area contributed by atoms with Gasteiger partial charge in [-0.3, -0.25) is 9.59 Å². The summed E-state index contributed by atoms with van der Waals surface area (Å²) in [7, 11) is 0. The van der Waals surface area contributed by atoms with Gasteiger partial charge in [0, 0.05) is 12.8 Å². The van der Waals surface area contributed by atoms with Crippen LogP contribution in [0.4, 0.5) is 0 Å². The number of benzene rings is 1. The number of ether oxygens (including phenoxy) is 2. The molecule has 1 aromatic carbocycles. The molecule has 0 spiro atoms. The third kappa shape index (κ3) is 6.16. The zero-order chi connectivity index (χ0) is 16.7. The largest absolute Gasteiger partial charge is 0.491 e. The van der Waals surface area contributed by atoms with Crippen molar-refractivity contribution in [1.29, 1.82) is 0 Å². The third-order valence-electron chi connectivity index (χ3n) is 2.78. The summed E-state index contributed by atoms with van der Waals surface area (Å²) in [6.45, 7) is 7.59. The maximum atomic E-state index is 12.3. The van der Waals surface area contributed by atoms with E-state index in [2.05, 4.69) is 0 Å². The molecule has 0 aromatic heterocycles. The number of hydrogen-bond donors (Lipinski definition) is 1. The first-order valence-corrected chi connectivity index (χ1v) is 7.52. The van der Waals surface area contributed by atoms with Gasteiger partial charge in [-0.2, -0.15) is 0 Å². The highest BCUT2D eigenvalue weighted by atomic mass is 16.5. The van der Waals surface area contributed by atoms with E-state index < -0.39 is 5.97 Å². The molecular formula is C17H24O5. The van der Waals surface area contributed by atoms with E-state index in [4.69, 9.17) is 14.6 Å². The van der Waals surface area contributed by atoms with Gasteiger partial charge in [0.05, 0.1) is 17.8 Å². The number of carboxylic acids is 1. The Labute approximate surface area is 131 Å². The van der Waals surface area contributed by atoms with Gasteiger partial charge < -0.3 is 14.6 Å². The van der Waals surface area contributed by atoms with E-state index in [-0.39, 0.29) is 30.8 Å². The molecule has 122 valence electrons. The summed E-state index contributed by atoms with van der Waals surface area (Å²) < 4.78 is 11.3. The van der Waals surface area contributed by atoms with Crippen LogP contribution in [-0.2, 0) is 4.79 Å². The minimum absolute atomic E-state index is 0.00632. The summed E-state index contributed by atoms with van der Waals surface area (Å²) in [5, 5.41) is 8.66. The van der Waals surface area contributed by atoms with E-state index in [0.29, 0.717) is 23.5 Å². The van der Waals surface area contributed by atoms with Crippen molar-refractivity contribution in [2.75, 3.05) is 0 Å². The summed E-state index contributed by atoms with van der Waals surface area (Å²) in [5.74, 6) is 0.0774. The van der Waals surface area contributed by atoms with Gasteiger partial charge in [-0.15, -0.1) is 0 Å². The summed E-state index contributed by atoms with van der Waals surface area (Å²) in [4.78, 5) is 22.9. The number of aliphatic carboxylic acids is 1. The second kappa shape index (κ2) is 8.41. The Morgan fingerprint density at radius 1 is 1.05 bits per heavy atom. The fourth-order valence-corrected chi connectivity index (χ4v) is 1.96. The SMILES string of the molecule is CC(C)Oc1ccc(OC(C)C)c(C(=O)CCCC(=O)O)c1. The van der Waals surface area contributed by atoms with Crippen LogP contribution in [0.25, 0.3) is 0 Å². The van der Waals surface area contributed by atoms with Crippen molar-refractivity contribution in [2.45, 2.75) is 59.2 Å². The van der Waals surface area contributed by atoms with E-state index in [9.17, 15) is 9.59 Å². The number of hydrogen-bond acceptors (Lipinski definition) is 4. The van der Waals surface area contributed by atoms with Crippen LogP contribution in [0.15, 0.2) is 18.2 Å². The topological polar surface area (TPSA) is 72.8 Å². The van der Waals surface area contributed by atoms with Crippen molar-refractivity contribution in [3.8, 4) is 11.5 Å². The third-order valence-corrected chi connectivity index (χ3v) is 2.78. The van der Waals surface area contributed by atoms with E-state index in [1.807, 2.05) is 27.7 Å². The molecule has 0 fully saturated rings. The van der Waals surface area contributed by atoms with Gasteiger partial charge in [-0.05, 0) is 52.3 Å². The predicted octanol–water partition coefficient (Wildman–Crippen LogP) is 3.70. The molecule has 0 atom stereocenters. The second-order valence-electron chi connectivity index (χ2n) is 5.66. The maximum Gasteiger partial charge on any atom is 0.303 e. The van der Waals surface area contributed by atoms with Crippen molar-refractivity contribution in [1.82, 2.24) is 0 Å². The van der Waals surface area contributed by atoms with Crippen LogP contribution in [-0.4, -0.2) is 29.1 Å². The number of Topliss-reactive ketones (excluding diaryl/α,β-unsaturated/α-hetero) is 1. The molecule has 0 aliphatic heterocycles. The molecule has 1 rings (SSSR count). The molecule has 0 radical (unpaired) electrons. The summed E-state index contributed by atoms with van der Waals surface area (Å²) >= 11 is 0. The summed E-state index contributed by atoms with van der Waals surface area (Å²) in [6, 6.07) is 5.16. The Morgan fingerprint density at radius 3 is 2.23 bits per heavy atom. The van der Waals surface area contributed by atoms with Crippen LogP contribution in [0.5, 0.6) is 11.5 Å². The number of ketones is 1. The first-order chi connectivity index (χ1) is 10.3. The lowest BCUT2D eigenvalue weighted by molar-refractivity contribution is -0.137. The van der Waals surface area contributed by atoms with Gasteiger partial charge >= 0.3 is 5.97 Å². The van der Waals surface area contributed by atoms with E-state index in [0.717, 1.165) is 0 Å². The molecule has 0 unspecified atom stereocenters. The minimum atomic E-state index is -0.900. The van der Waals surface area contributed by atoms with Crippen LogP contribution < -0.4 is 9.47 Å². The van der Waals surface area contributed by atoms with E-state index >= 15 is 0 Å². The standard InChI is InChI=1S/C17H24O5/c1-11(2)21-13-8-9-16(22-12(3)4)14(10-13)15(18)6-5-7-17(19)20/h8-12H,5-7H2,1-4H3,(H,19,20). The van der Waals surface area contributed by atoms with Gasteiger partial charge in [-0.25, -0.2) is 0 Å². The molecule has 0 amide bonds.